The summed E-state index contributed by atoms with van der Waals surface area (Å²) in [6.07, 6.45) is 0. The summed E-state index contributed by atoms with van der Waals surface area (Å²) in [4.78, 5) is 39.8. The summed E-state index contributed by atoms with van der Waals surface area (Å²) in [6, 6.07) is 7.97. The van der Waals surface area contributed by atoms with Crippen LogP contribution in [0.4, 0.5) is 4.79 Å². The van der Waals surface area contributed by atoms with Gasteiger partial charge in [0.1, 0.15) is 12.1 Å². The molecule has 0 bridgehead atoms. The summed E-state index contributed by atoms with van der Waals surface area (Å²) >= 11 is 1.52. The Bertz CT molecular complexity index is 930. The van der Waals surface area contributed by atoms with Gasteiger partial charge in [-0.05, 0) is 43.0 Å². The van der Waals surface area contributed by atoms with Gasteiger partial charge in [-0.1, -0.05) is 12.1 Å². The third-order valence-electron chi connectivity index (χ3n) is 4.89. The maximum atomic E-state index is 13.0. The van der Waals surface area contributed by atoms with Crippen LogP contribution in [0.1, 0.15) is 30.3 Å². The Kier molecular flexibility index (Phi) is 5.78. The van der Waals surface area contributed by atoms with Gasteiger partial charge in [0.05, 0.1) is 20.3 Å². The maximum absolute atomic E-state index is 13.0. The number of amides is 4. The van der Waals surface area contributed by atoms with Gasteiger partial charge in [-0.25, -0.2) is 4.79 Å². The molecule has 1 aliphatic heterocycles. The lowest BCUT2D eigenvalue weighted by atomic mass is 9.91. The zero-order valence-electron chi connectivity index (χ0n) is 16.6. The SMILES string of the molecule is COc1ccc([C@@]2(C)NC(=O)N(CC(=O)N[C@H](C)c3cccs3)C2=O)cc1OC. The third kappa shape index (κ3) is 3.91. The van der Waals surface area contributed by atoms with E-state index in [0.717, 1.165) is 9.78 Å². The molecule has 154 valence electrons. The number of urea groups is 1. The van der Waals surface area contributed by atoms with Gasteiger partial charge in [0, 0.05) is 4.88 Å². The molecule has 29 heavy (non-hydrogen) atoms. The first kappa shape index (κ1) is 20.7. The first-order valence-corrected chi connectivity index (χ1v) is 9.87. The van der Waals surface area contributed by atoms with Crippen molar-refractivity contribution in [2.45, 2.75) is 25.4 Å². The Labute approximate surface area is 172 Å². The van der Waals surface area contributed by atoms with Crippen LogP contribution in [-0.2, 0) is 15.1 Å². The average molecular weight is 417 g/mol. The van der Waals surface area contributed by atoms with E-state index in [2.05, 4.69) is 10.6 Å². The number of nitrogens with zero attached hydrogens (tertiary/aromatic N) is 1. The molecule has 3 rings (SSSR count). The average Bonchev–Trinajstić information content (AvgIpc) is 3.31. The van der Waals surface area contributed by atoms with E-state index < -0.39 is 23.4 Å². The van der Waals surface area contributed by atoms with E-state index >= 15 is 0 Å². The van der Waals surface area contributed by atoms with Crippen LogP contribution in [0.2, 0.25) is 0 Å². The van der Waals surface area contributed by atoms with Crippen molar-refractivity contribution in [3.63, 3.8) is 0 Å². The zero-order chi connectivity index (χ0) is 21.2. The molecule has 2 atom stereocenters. The normalized spacial score (nSPS) is 19.7. The molecule has 0 spiro atoms. The number of carbonyl (C=O) groups excluding carboxylic acids is 3. The third-order valence-corrected chi connectivity index (χ3v) is 5.94. The van der Waals surface area contributed by atoms with Crippen molar-refractivity contribution >= 4 is 29.2 Å². The van der Waals surface area contributed by atoms with Gasteiger partial charge in [0.2, 0.25) is 5.91 Å². The Morgan fingerprint density at radius 2 is 1.97 bits per heavy atom. The van der Waals surface area contributed by atoms with E-state index in [9.17, 15) is 14.4 Å². The Balaban J connectivity index is 1.76. The summed E-state index contributed by atoms with van der Waals surface area (Å²) in [7, 11) is 3.00. The fraction of sp³-hybridized carbons (Fsp3) is 0.350. The molecule has 1 aromatic heterocycles. The van der Waals surface area contributed by atoms with Crippen LogP contribution >= 0.6 is 11.3 Å². The molecule has 2 aromatic rings. The molecule has 9 heteroatoms. The molecule has 2 N–H and O–H groups in total. The van der Waals surface area contributed by atoms with Crippen LogP contribution < -0.4 is 20.1 Å². The quantitative estimate of drug-likeness (QED) is 0.675. The number of benzene rings is 1. The second-order valence-corrected chi connectivity index (χ2v) is 7.80. The van der Waals surface area contributed by atoms with Crippen molar-refractivity contribution in [3.05, 3.63) is 46.2 Å². The minimum absolute atomic E-state index is 0.208. The van der Waals surface area contributed by atoms with Gasteiger partial charge in [-0.15, -0.1) is 11.3 Å². The second kappa shape index (κ2) is 8.12. The van der Waals surface area contributed by atoms with Crippen LogP contribution in [0.15, 0.2) is 35.7 Å². The van der Waals surface area contributed by atoms with Gasteiger partial charge >= 0.3 is 6.03 Å². The highest BCUT2D eigenvalue weighted by Crippen LogP contribution is 2.35. The highest BCUT2D eigenvalue weighted by molar-refractivity contribution is 7.10. The highest BCUT2D eigenvalue weighted by atomic mass is 32.1. The summed E-state index contributed by atoms with van der Waals surface area (Å²) in [6.45, 7) is 3.09. The lowest BCUT2D eigenvalue weighted by molar-refractivity contribution is -0.135. The van der Waals surface area contributed by atoms with Gasteiger partial charge in [0.25, 0.3) is 5.91 Å². The summed E-state index contributed by atoms with van der Waals surface area (Å²) < 4.78 is 10.5. The molecule has 0 unspecified atom stereocenters. The van der Waals surface area contributed by atoms with Crippen LogP contribution in [0.25, 0.3) is 0 Å². The smallest absolute Gasteiger partial charge is 0.325 e. The monoisotopic (exact) mass is 417 g/mol. The van der Waals surface area contributed by atoms with Gasteiger partial charge in [-0.3, -0.25) is 14.5 Å². The minimum atomic E-state index is -1.31. The number of hydrogen-bond acceptors (Lipinski definition) is 6. The van der Waals surface area contributed by atoms with E-state index in [1.54, 1.807) is 25.1 Å². The Morgan fingerprint density at radius 1 is 1.24 bits per heavy atom. The molecule has 8 nitrogen and oxygen atoms in total. The number of ether oxygens (including phenoxy) is 2. The van der Waals surface area contributed by atoms with E-state index in [0.29, 0.717) is 17.1 Å². The lowest BCUT2D eigenvalue weighted by Gasteiger charge is -2.23. The van der Waals surface area contributed by atoms with E-state index in [-0.39, 0.29) is 12.6 Å². The van der Waals surface area contributed by atoms with Crippen molar-refractivity contribution in [1.29, 1.82) is 0 Å². The molecule has 1 saturated heterocycles. The fourth-order valence-electron chi connectivity index (χ4n) is 3.22. The molecule has 2 heterocycles. The number of rotatable bonds is 7. The van der Waals surface area contributed by atoms with Crippen molar-refractivity contribution < 1.29 is 23.9 Å². The van der Waals surface area contributed by atoms with Crippen molar-refractivity contribution in [3.8, 4) is 11.5 Å². The number of thiophene rings is 1. The van der Waals surface area contributed by atoms with Crippen LogP contribution in [-0.4, -0.2) is 43.5 Å². The number of imide groups is 1. The minimum Gasteiger partial charge on any atom is -0.493 e. The van der Waals surface area contributed by atoms with E-state index in [1.165, 1.54) is 25.6 Å². The van der Waals surface area contributed by atoms with Crippen molar-refractivity contribution in [2.75, 3.05) is 20.8 Å². The topological polar surface area (TPSA) is 97.0 Å². The van der Waals surface area contributed by atoms with Crippen molar-refractivity contribution in [2.24, 2.45) is 0 Å². The largest absolute Gasteiger partial charge is 0.493 e. The van der Waals surface area contributed by atoms with Crippen molar-refractivity contribution in [1.82, 2.24) is 15.5 Å². The standard InChI is InChI=1S/C20H23N3O5S/c1-12(16-6-5-9-29-16)21-17(24)11-23-18(25)20(2,22-19(23)26)13-7-8-14(27-3)15(10-13)28-4/h5-10,12H,11H2,1-4H3,(H,21,24)(H,22,26)/t12-,20-/m1/s1. The lowest BCUT2D eigenvalue weighted by Crippen LogP contribution is -2.43. The summed E-state index contributed by atoms with van der Waals surface area (Å²) in [5.74, 6) is 0.0317. The van der Waals surface area contributed by atoms with Gasteiger partial charge in [-0.2, -0.15) is 0 Å². The Morgan fingerprint density at radius 3 is 2.59 bits per heavy atom. The fourth-order valence-corrected chi connectivity index (χ4v) is 3.96. The summed E-state index contributed by atoms with van der Waals surface area (Å²) in [5.41, 5.74) is -0.778. The molecule has 0 aliphatic carbocycles. The first-order valence-electron chi connectivity index (χ1n) is 8.99. The first-order chi connectivity index (χ1) is 13.8. The molecule has 0 radical (unpaired) electrons. The molecular weight excluding hydrogens is 394 g/mol. The zero-order valence-corrected chi connectivity index (χ0v) is 17.5. The molecule has 1 fully saturated rings. The molecule has 1 aliphatic rings. The number of hydrogen-bond donors (Lipinski definition) is 2. The van der Waals surface area contributed by atoms with E-state index in [1.807, 2.05) is 24.4 Å². The Hall–Kier alpha value is -3.07. The number of carbonyl (C=O) groups is 3. The van der Waals surface area contributed by atoms with E-state index in [4.69, 9.17) is 9.47 Å². The maximum Gasteiger partial charge on any atom is 0.325 e. The second-order valence-electron chi connectivity index (χ2n) is 6.82. The van der Waals surface area contributed by atoms with Gasteiger partial charge < -0.3 is 20.1 Å². The molecular formula is C20H23N3O5S. The number of methoxy groups -OCH3 is 2. The van der Waals surface area contributed by atoms with Gasteiger partial charge in [0.15, 0.2) is 11.5 Å². The molecule has 1 aromatic carbocycles. The van der Waals surface area contributed by atoms with Crippen LogP contribution in [0.5, 0.6) is 11.5 Å². The predicted octanol–water partition coefficient (Wildman–Crippen LogP) is 2.41. The van der Waals surface area contributed by atoms with Crippen LogP contribution in [0.3, 0.4) is 0 Å². The molecule has 0 saturated carbocycles. The highest BCUT2D eigenvalue weighted by Gasteiger charge is 2.49. The molecule has 4 amide bonds. The summed E-state index contributed by atoms with van der Waals surface area (Å²) in [5, 5.41) is 7.42. The van der Waals surface area contributed by atoms with Crippen LogP contribution in [0, 0.1) is 0 Å². The number of nitrogens with one attached hydrogen (secondary N) is 2. The predicted molar refractivity (Wildman–Crippen MR) is 108 cm³/mol.